The Bertz CT molecular complexity index is 567. The zero-order valence-corrected chi connectivity index (χ0v) is 14.8. The Kier molecular flexibility index (Phi) is 6.78. The quantitative estimate of drug-likeness (QED) is 0.574. The van der Waals surface area contributed by atoms with Crippen LogP contribution in [0.15, 0.2) is 24.3 Å². The van der Waals surface area contributed by atoms with Gasteiger partial charge < -0.3 is 10.1 Å². The van der Waals surface area contributed by atoms with Crippen LogP contribution in [-0.4, -0.2) is 23.7 Å². The fourth-order valence-corrected chi connectivity index (χ4v) is 3.03. The first-order valence-corrected chi connectivity index (χ1v) is 8.60. The minimum Gasteiger partial charge on any atom is -0.484 e. The van der Waals surface area contributed by atoms with Crippen LogP contribution in [0.3, 0.4) is 0 Å². The number of halogens is 1. The van der Waals surface area contributed by atoms with Crippen molar-refractivity contribution in [1.29, 1.82) is 0 Å². The summed E-state index contributed by atoms with van der Waals surface area (Å²) in [5.41, 5.74) is 5.18. The van der Waals surface area contributed by atoms with Crippen LogP contribution >= 0.6 is 12.2 Å². The predicted octanol–water partition coefficient (Wildman–Crippen LogP) is 2.52. The van der Waals surface area contributed by atoms with E-state index in [0.717, 1.165) is 6.42 Å². The summed E-state index contributed by atoms with van der Waals surface area (Å²) in [7, 11) is 0. The molecule has 3 atom stereocenters. The molecule has 0 heterocycles. The van der Waals surface area contributed by atoms with Crippen LogP contribution in [-0.2, 0) is 4.79 Å². The van der Waals surface area contributed by atoms with Gasteiger partial charge in [-0.2, -0.15) is 0 Å². The van der Waals surface area contributed by atoms with Crippen LogP contribution in [0.25, 0.3) is 0 Å². The standard InChI is InChI=1S/C17H24FN3O2S/c1-11-4-3-5-15(12(11)2)19-17(24)21-20-16(22)10-23-14-8-6-13(18)7-9-14/h6-9,11-12,15H,3-5,10H2,1-2H3,(H,20,22)(H2,19,21,24)/t11-,12-,15+/m1/s1. The van der Waals surface area contributed by atoms with Crippen molar-refractivity contribution in [2.45, 2.75) is 39.2 Å². The van der Waals surface area contributed by atoms with Gasteiger partial charge in [-0.15, -0.1) is 0 Å². The number of hydrogen-bond donors (Lipinski definition) is 3. The van der Waals surface area contributed by atoms with Crippen LogP contribution < -0.4 is 20.9 Å². The highest BCUT2D eigenvalue weighted by Gasteiger charge is 2.27. The minimum atomic E-state index is -0.367. The molecule has 3 N–H and O–H groups in total. The maximum atomic E-state index is 12.8. The van der Waals surface area contributed by atoms with Crippen molar-refractivity contribution in [2.24, 2.45) is 11.8 Å². The average molecular weight is 353 g/mol. The van der Waals surface area contributed by atoms with E-state index < -0.39 is 0 Å². The largest absolute Gasteiger partial charge is 0.484 e. The predicted molar refractivity (Wildman–Crippen MR) is 94.9 cm³/mol. The summed E-state index contributed by atoms with van der Waals surface area (Å²) in [4.78, 5) is 11.7. The smallest absolute Gasteiger partial charge is 0.276 e. The summed E-state index contributed by atoms with van der Waals surface area (Å²) in [6, 6.07) is 5.80. The Labute approximate surface area is 147 Å². The fourth-order valence-electron chi connectivity index (χ4n) is 2.83. The molecule has 0 spiro atoms. The number of carbonyl (C=O) groups excluding carboxylic acids is 1. The molecule has 0 saturated heterocycles. The Morgan fingerprint density at radius 3 is 2.67 bits per heavy atom. The molecule has 2 rings (SSSR count). The lowest BCUT2D eigenvalue weighted by atomic mass is 9.78. The first-order valence-electron chi connectivity index (χ1n) is 8.19. The SMILES string of the molecule is C[C@@H]1[C@H](C)CCC[C@@H]1NC(=S)NNC(=O)COc1ccc(F)cc1. The van der Waals surface area contributed by atoms with Gasteiger partial charge in [-0.1, -0.05) is 26.7 Å². The van der Waals surface area contributed by atoms with Crippen LogP contribution in [0.4, 0.5) is 4.39 Å². The molecule has 1 fully saturated rings. The second-order valence-electron chi connectivity index (χ2n) is 6.26. The third-order valence-corrected chi connectivity index (χ3v) is 4.74. The summed E-state index contributed by atoms with van der Waals surface area (Å²) in [5.74, 6) is 0.913. The number of nitrogens with one attached hydrogen (secondary N) is 3. The van der Waals surface area contributed by atoms with Crippen molar-refractivity contribution < 1.29 is 13.9 Å². The lowest BCUT2D eigenvalue weighted by molar-refractivity contribution is -0.123. The second-order valence-corrected chi connectivity index (χ2v) is 6.67. The van der Waals surface area contributed by atoms with E-state index in [-0.39, 0.29) is 18.3 Å². The number of amides is 1. The van der Waals surface area contributed by atoms with Gasteiger partial charge in [0.25, 0.3) is 5.91 Å². The lowest BCUT2D eigenvalue weighted by Gasteiger charge is -2.35. The summed E-state index contributed by atoms with van der Waals surface area (Å²) in [5, 5.41) is 3.66. The Morgan fingerprint density at radius 1 is 1.25 bits per heavy atom. The molecule has 0 radical (unpaired) electrons. The topological polar surface area (TPSA) is 62.4 Å². The first kappa shape index (κ1) is 18.4. The Morgan fingerprint density at radius 2 is 1.96 bits per heavy atom. The molecule has 1 aromatic carbocycles. The van der Waals surface area contributed by atoms with E-state index in [1.165, 1.54) is 37.1 Å². The number of rotatable bonds is 4. The summed E-state index contributed by atoms with van der Waals surface area (Å²) < 4.78 is 18.0. The first-order chi connectivity index (χ1) is 11.5. The molecule has 24 heavy (non-hydrogen) atoms. The van der Waals surface area contributed by atoms with Gasteiger partial charge in [0.1, 0.15) is 11.6 Å². The minimum absolute atomic E-state index is 0.182. The van der Waals surface area contributed by atoms with Crippen molar-refractivity contribution in [3.8, 4) is 5.75 Å². The molecule has 1 aliphatic carbocycles. The zero-order valence-electron chi connectivity index (χ0n) is 14.0. The van der Waals surface area contributed by atoms with E-state index in [9.17, 15) is 9.18 Å². The molecule has 1 aromatic rings. The van der Waals surface area contributed by atoms with E-state index in [2.05, 4.69) is 30.0 Å². The average Bonchev–Trinajstić information content (AvgIpc) is 2.56. The van der Waals surface area contributed by atoms with Crippen molar-refractivity contribution >= 4 is 23.2 Å². The van der Waals surface area contributed by atoms with Crippen molar-refractivity contribution in [3.63, 3.8) is 0 Å². The lowest BCUT2D eigenvalue weighted by Crippen LogP contribution is -2.53. The van der Waals surface area contributed by atoms with Crippen LogP contribution in [0.2, 0.25) is 0 Å². The van der Waals surface area contributed by atoms with E-state index >= 15 is 0 Å². The van der Waals surface area contributed by atoms with Gasteiger partial charge >= 0.3 is 0 Å². The number of hydrogen-bond acceptors (Lipinski definition) is 3. The van der Waals surface area contributed by atoms with Gasteiger partial charge in [-0.3, -0.25) is 15.6 Å². The van der Waals surface area contributed by atoms with Crippen molar-refractivity contribution in [1.82, 2.24) is 16.2 Å². The molecule has 7 heteroatoms. The maximum Gasteiger partial charge on any atom is 0.276 e. The number of thiocarbonyl (C=S) groups is 1. The number of benzene rings is 1. The third kappa shape index (κ3) is 5.63. The van der Waals surface area contributed by atoms with Crippen LogP contribution in [0, 0.1) is 17.7 Å². The van der Waals surface area contributed by atoms with Gasteiger partial charge in [-0.25, -0.2) is 4.39 Å². The Hall–Kier alpha value is -1.89. The molecule has 1 amide bonds. The number of ether oxygens (including phenoxy) is 1. The molecule has 1 aliphatic rings. The summed E-state index contributed by atoms with van der Waals surface area (Å²) >= 11 is 5.22. The van der Waals surface area contributed by atoms with Gasteiger partial charge in [0.05, 0.1) is 0 Å². The number of carbonyl (C=O) groups is 1. The molecule has 1 saturated carbocycles. The van der Waals surface area contributed by atoms with E-state index in [0.29, 0.717) is 28.7 Å². The molecule has 5 nitrogen and oxygen atoms in total. The van der Waals surface area contributed by atoms with E-state index in [4.69, 9.17) is 17.0 Å². The van der Waals surface area contributed by atoms with E-state index in [1.54, 1.807) is 0 Å². The summed E-state index contributed by atoms with van der Waals surface area (Å²) in [6.07, 6.45) is 3.51. The van der Waals surface area contributed by atoms with Gasteiger partial charge in [0.15, 0.2) is 11.7 Å². The van der Waals surface area contributed by atoms with Crippen molar-refractivity contribution in [2.75, 3.05) is 6.61 Å². The second kappa shape index (κ2) is 8.82. The maximum absolute atomic E-state index is 12.8. The van der Waals surface area contributed by atoms with Gasteiger partial charge in [0.2, 0.25) is 0 Å². The molecule has 0 bridgehead atoms. The van der Waals surface area contributed by atoms with Crippen molar-refractivity contribution in [3.05, 3.63) is 30.1 Å². The van der Waals surface area contributed by atoms with Gasteiger partial charge in [-0.05, 0) is 54.7 Å². The van der Waals surface area contributed by atoms with E-state index in [1.807, 2.05) is 0 Å². The molecule has 0 aromatic heterocycles. The Balaban J connectivity index is 1.67. The monoisotopic (exact) mass is 353 g/mol. The zero-order chi connectivity index (χ0) is 17.5. The third-order valence-electron chi connectivity index (χ3n) is 4.52. The molecular weight excluding hydrogens is 329 g/mol. The molecule has 132 valence electrons. The molecule has 0 aliphatic heterocycles. The van der Waals surface area contributed by atoms with Crippen LogP contribution in [0.5, 0.6) is 5.75 Å². The molecule has 0 unspecified atom stereocenters. The summed E-state index contributed by atoms with van der Waals surface area (Å²) in [6.45, 7) is 4.29. The highest BCUT2D eigenvalue weighted by atomic mass is 32.1. The number of hydrazine groups is 1. The highest BCUT2D eigenvalue weighted by Crippen LogP contribution is 2.29. The molecular formula is C17H24FN3O2S. The van der Waals surface area contributed by atoms with Crippen LogP contribution in [0.1, 0.15) is 33.1 Å². The fraction of sp³-hybridized carbons (Fsp3) is 0.529. The normalized spacial score (nSPS) is 23.2. The highest BCUT2D eigenvalue weighted by molar-refractivity contribution is 7.80. The van der Waals surface area contributed by atoms with Gasteiger partial charge in [0, 0.05) is 6.04 Å².